The van der Waals surface area contributed by atoms with Crippen molar-refractivity contribution < 1.29 is 9.13 Å². The largest absolute Gasteiger partial charge is 0.384 e. The Morgan fingerprint density at radius 2 is 2.15 bits per heavy atom. The molecule has 1 saturated heterocycles. The third kappa shape index (κ3) is 2.06. The number of nitrogens with zero attached hydrogens (tertiary/aromatic N) is 3. The van der Waals surface area contributed by atoms with Crippen molar-refractivity contribution in [1.29, 1.82) is 0 Å². The van der Waals surface area contributed by atoms with Crippen LogP contribution in [0.3, 0.4) is 0 Å². The Kier molecular flexibility index (Phi) is 3.17. The van der Waals surface area contributed by atoms with Crippen LogP contribution in [0.2, 0.25) is 0 Å². The number of hydrogen-bond acceptors (Lipinski definition) is 4. The average Bonchev–Trinajstić information content (AvgIpc) is 2.71. The quantitative estimate of drug-likeness (QED) is 0.874. The Labute approximate surface area is 116 Å². The molecule has 0 spiro atoms. The minimum atomic E-state index is -0.561. The molecule has 1 aliphatic heterocycles. The predicted molar refractivity (Wildman–Crippen MR) is 73.8 cm³/mol. The van der Waals surface area contributed by atoms with Crippen molar-refractivity contribution in [2.75, 3.05) is 18.9 Å². The van der Waals surface area contributed by atoms with E-state index in [1.807, 2.05) is 4.68 Å². The van der Waals surface area contributed by atoms with Crippen LogP contribution in [0, 0.1) is 5.95 Å². The summed E-state index contributed by atoms with van der Waals surface area (Å²) in [5.74, 6) is -0.138. The number of halogens is 1. The molecule has 2 aromatic rings. The highest BCUT2D eigenvalue weighted by Crippen LogP contribution is 2.34. The van der Waals surface area contributed by atoms with Crippen molar-refractivity contribution in [3.8, 4) is 11.3 Å². The summed E-state index contributed by atoms with van der Waals surface area (Å²) < 4.78 is 21.2. The lowest BCUT2D eigenvalue weighted by Gasteiger charge is -2.28. The van der Waals surface area contributed by atoms with Crippen LogP contribution in [-0.2, 0) is 4.74 Å². The van der Waals surface area contributed by atoms with E-state index in [2.05, 4.69) is 23.9 Å². The first-order valence-corrected chi connectivity index (χ1v) is 6.65. The SMILES string of the molecule is CC(C)c1cnn(C2COC2)c1-c1ccc(N)nc1F. The van der Waals surface area contributed by atoms with Gasteiger partial charge in [-0.1, -0.05) is 13.8 Å². The molecule has 5 nitrogen and oxygen atoms in total. The number of nitrogen functional groups attached to an aromatic ring is 1. The smallest absolute Gasteiger partial charge is 0.224 e. The second-order valence-corrected chi connectivity index (χ2v) is 5.31. The Balaban J connectivity index is 2.16. The average molecular weight is 276 g/mol. The summed E-state index contributed by atoms with van der Waals surface area (Å²) >= 11 is 0. The van der Waals surface area contributed by atoms with E-state index in [4.69, 9.17) is 10.5 Å². The molecule has 1 fully saturated rings. The van der Waals surface area contributed by atoms with Gasteiger partial charge in [0.15, 0.2) is 0 Å². The highest BCUT2D eigenvalue weighted by molar-refractivity contribution is 5.65. The van der Waals surface area contributed by atoms with Gasteiger partial charge < -0.3 is 10.5 Å². The van der Waals surface area contributed by atoms with Gasteiger partial charge in [0.1, 0.15) is 5.82 Å². The van der Waals surface area contributed by atoms with E-state index in [-0.39, 0.29) is 17.8 Å². The summed E-state index contributed by atoms with van der Waals surface area (Å²) in [4.78, 5) is 3.71. The van der Waals surface area contributed by atoms with Crippen molar-refractivity contribution in [2.24, 2.45) is 0 Å². The van der Waals surface area contributed by atoms with Gasteiger partial charge in [-0.05, 0) is 18.1 Å². The zero-order chi connectivity index (χ0) is 14.3. The summed E-state index contributed by atoms with van der Waals surface area (Å²) in [5.41, 5.74) is 7.74. The van der Waals surface area contributed by atoms with Crippen molar-refractivity contribution in [2.45, 2.75) is 25.8 Å². The molecule has 0 aliphatic carbocycles. The minimum absolute atomic E-state index is 0.162. The molecule has 1 aliphatic rings. The van der Waals surface area contributed by atoms with Gasteiger partial charge in [-0.15, -0.1) is 0 Å². The molecule has 2 aromatic heterocycles. The lowest BCUT2D eigenvalue weighted by molar-refractivity contribution is -0.0279. The fourth-order valence-electron chi connectivity index (χ4n) is 2.34. The van der Waals surface area contributed by atoms with Crippen LogP contribution < -0.4 is 5.73 Å². The van der Waals surface area contributed by atoms with Crippen molar-refractivity contribution in [1.82, 2.24) is 14.8 Å². The van der Waals surface area contributed by atoms with E-state index in [1.165, 1.54) is 0 Å². The molecule has 6 heteroatoms. The van der Waals surface area contributed by atoms with Gasteiger partial charge in [-0.2, -0.15) is 9.49 Å². The van der Waals surface area contributed by atoms with Crippen LogP contribution in [0.25, 0.3) is 11.3 Å². The number of pyridine rings is 1. The molecule has 0 amide bonds. The summed E-state index contributed by atoms with van der Waals surface area (Å²) in [6, 6.07) is 3.43. The van der Waals surface area contributed by atoms with E-state index in [0.29, 0.717) is 18.8 Å². The van der Waals surface area contributed by atoms with Crippen LogP contribution in [0.4, 0.5) is 10.2 Å². The lowest BCUT2D eigenvalue weighted by Crippen LogP contribution is -2.32. The Morgan fingerprint density at radius 1 is 1.40 bits per heavy atom. The molecule has 0 aromatic carbocycles. The number of aromatic nitrogens is 3. The summed E-state index contributed by atoms with van der Waals surface area (Å²) in [7, 11) is 0. The van der Waals surface area contributed by atoms with Crippen molar-refractivity contribution in [3.05, 3.63) is 29.8 Å². The van der Waals surface area contributed by atoms with E-state index in [0.717, 1.165) is 11.3 Å². The first-order chi connectivity index (χ1) is 9.58. The van der Waals surface area contributed by atoms with Gasteiger partial charge in [-0.3, -0.25) is 4.68 Å². The highest BCUT2D eigenvalue weighted by Gasteiger charge is 2.28. The number of nitrogens with two attached hydrogens (primary N) is 1. The molecule has 3 rings (SSSR count). The molecule has 3 heterocycles. The molecule has 0 radical (unpaired) electrons. The Bertz CT molecular complexity index is 634. The van der Waals surface area contributed by atoms with Gasteiger partial charge in [0, 0.05) is 5.56 Å². The maximum atomic E-state index is 14.2. The number of hydrogen-bond donors (Lipinski definition) is 1. The second kappa shape index (κ2) is 4.86. The first-order valence-electron chi connectivity index (χ1n) is 6.65. The normalized spacial score (nSPS) is 15.6. The van der Waals surface area contributed by atoms with Crippen LogP contribution in [0.5, 0.6) is 0 Å². The molecular formula is C14H17FN4O. The minimum Gasteiger partial charge on any atom is -0.384 e. The lowest BCUT2D eigenvalue weighted by atomic mass is 9.99. The van der Waals surface area contributed by atoms with Crippen LogP contribution >= 0.6 is 0 Å². The predicted octanol–water partition coefficient (Wildman–Crippen LogP) is 2.36. The second-order valence-electron chi connectivity index (χ2n) is 5.31. The molecule has 0 unspecified atom stereocenters. The third-order valence-corrected chi connectivity index (χ3v) is 3.54. The first kappa shape index (κ1) is 13.1. The number of rotatable bonds is 3. The zero-order valence-electron chi connectivity index (χ0n) is 11.5. The van der Waals surface area contributed by atoms with E-state index >= 15 is 0 Å². The zero-order valence-corrected chi connectivity index (χ0v) is 11.5. The number of anilines is 1. The molecule has 20 heavy (non-hydrogen) atoms. The molecule has 0 atom stereocenters. The molecule has 0 bridgehead atoms. The fourth-order valence-corrected chi connectivity index (χ4v) is 2.34. The molecule has 2 N–H and O–H groups in total. The van der Waals surface area contributed by atoms with Gasteiger partial charge in [-0.25, -0.2) is 4.98 Å². The van der Waals surface area contributed by atoms with Crippen molar-refractivity contribution in [3.63, 3.8) is 0 Å². The van der Waals surface area contributed by atoms with Crippen LogP contribution in [-0.4, -0.2) is 28.0 Å². The van der Waals surface area contributed by atoms with Crippen LogP contribution in [0.1, 0.15) is 31.4 Å². The Morgan fingerprint density at radius 3 is 2.70 bits per heavy atom. The third-order valence-electron chi connectivity index (χ3n) is 3.54. The summed E-state index contributed by atoms with van der Waals surface area (Å²) in [6.07, 6.45) is 1.80. The van der Waals surface area contributed by atoms with Crippen LogP contribution in [0.15, 0.2) is 18.3 Å². The molecule has 0 saturated carbocycles. The van der Waals surface area contributed by atoms with E-state index in [9.17, 15) is 4.39 Å². The van der Waals surface area contributed by atoms with Crippen molar-refractivity contribution >= 4 is 5.82 Å². The standard InChI is InChI=1S/C14H17FN4O/c1-8(2)11-5-17-19(9-6-20-7-9)13(11)10-3-4-12(16)18-14(10)15/h3-5,8-9H,6-7H2,1-2H3,(H2,16,18). The van der Waals surface area contributed by atoms with Gasteiger partial charge in [0.2, 0.25) is 5.95 Å². The monoisotopic (exact) mass is 276 g/mol. The Hall–Kier alpha value is -1.95. The maximum absolute atomic E-state index is 14.2. The van der Waals surface area contributed by atoms with E-state index < -0.39 is 5.95 Å². The fraction of sp³-hybridized carbons (Fsp3) is 0.429. The molecule has 106 valence electrons. The maximum Gasteiger partial charge on any atom is 0.224 e. The van der Waals surface area contributed by atoms with E-state index in [1.54, 1.807) is 18.3 Å². The van der Waals surface area contributed by atoms with Gasteiger partial charge in [0.05, 0.1) is 36.7 Å². The van der Waals surface area contributed by atoms with Gasteiger partial charge in [0.25, 0.3) is 0 Å². The van der Waals surface area contributed by atoms with Gasteiger partial charge >= 0.3 is 0 Å². The summed E-state index contributed by atoms with van der Waals surface area (Å²) in [6.45, 7) is 5.34. The molecular weight excluding hydrogens is 259 g/mol. The summed E-state index contributed by atoms with van der Waals surface area (Å²) in [5, 5.41) is 4.41. The highest BCUT2D eigenvalue weighted by atomic mass is 19.1. The number of ether oxygens (including phenoxy) is 1. The topological polar surface area (TPSA) is 66.0 Å².